The van der Waals surface area contributed by atoms with Gasteiger partial charge < -0.3 is 5.32 Å². The van der Waals surface area contributed by atoms with Gasteiger partial charge in [-0.2, -0.15) is 5.10 Å². The zero-order chi connectivity index (χ0) is 14.8. The fraction of sp³-hybridized carbons (Fsp3) is 0.375. The maximum Gasteiger partial charge on any atom is 0.234 e. The first-order chi connectivity index (χ1) is 10.1. The zero-order valence-corrected chi connectivity index (χ0v) is 13.1. The third-order valence-corrected chi connectivity index (χ3v) is 4.90. The largest absolute Gasteiger partial charge is 0.351 e. The summed E-state index contributed by atoms with van der Waals surface area (Å²) < 4.78 is 1.84. The molecule has 1 aliphatic heterocycles. The van der Waals surface area contributed by atoms with Crippen LogP contribution >= 0.6 is 11.8 Å². The lowest BCUT2D eigenvalue weighted by molar-refractivity contribution is -0.121. The number of amides is 1. The summed E-state index contributed by atoms with van der Waals surface area (Å²) in [4.78, 5) is 13.6. The van der Waals surface area contributed by atoms with Crippen LogP contribution in [0.25, 0.3) is 0 Å². The molecule has 1 N–H and O–H groups in total. The number of nitrogens with one attached hydrogen (secondary N) is 1. The van der Waals surface area contributed by atoms with Gasteiger partial charge in [0, 0.05) is 23.3 Å². The molecule has 0 saturated heterocycles. The number of nitrogens with zero attached hydrogens (tertiary/aromatic N) is 2. The quantitative estimate of drug-likeness (QED) is 0.943. The lowest BCUT2D eigenvalue weighted by Crippen LogP contribution is -2.40. The minimum atomic E-state index is -0.0122. The number of hydrogen-bond acceptors (Lipinski definition) is 3. The molecule has 1 amide bonds. The molecule has 0 radical (unpaired) electrons. The molecule has 3 rings (SSSR count). The number of carbonyl (C=O) groups excluding carboxylic acids is 1. The van der Waals surface area contributed by atoms with Gasteiger partial charge in [-0.15, -0.1) is 11.8 Å². The second kappa shape index (κ2) is 5.93. The predicted octanol–water partition coefficient (Wildman–Crippen LogP) is 2.41. The van der Waals surface area contributed by atoms with E-state index in [1.807, 2.05) is 23.9 Å². The average molecular weight is 301 g/mol. The van der Waals surface area contributed by atoms with Crippen LogP contribution in [-0.2, 0) is 17.8 Å². The fourth-order valence-corrected chi connectivity index (χ4v) is 3.85. The Hall–Kier alpha value is -1.75. The predicted molar refractivity (Wildman–Crippen MR) is 84.4 cm³/mol. The molecule has 1 aromatic heterocycles. The normalized spacial score (nSPS) is 18.3. The highest BCUT2D eigenvalue weighted by molar-refractivity contribution is 8.01. The van der Waals surface area contributed by atoms with Crippen LogP contribution in [0.5, 0.6) is 0 Å². The third kappa shape index (κ3) is 3.29. The molecule has 21 heavy (non-hydrogen) atoms. The summed E-state index contributed by atoms with van der Waals surface area (Å²) >= 11 is 1.67. The summed E-state index contributed by atoms with van der Waals surface area (Å²) in [5.74, 6) is 0.119. The maximum atomic E-state index is 12.4. The van der Waals surface area contributed by atoms with Gasteiger partial charge >= 0.3 is 0 Å². The van der Waals surface area contributed by atoms with Crippen molar-refractivity contribution in [1.82, 2.24) is 15.1 Å². The number of thioether (sulfide) groups is 1. The second-order valence-corrected chi connectivity index (χ2v) is 6.80. The third-order valence-electron chi connectivity index (χ3n) is 3.60. The Labute approximate surface area is 128 Å². The van der Waals surface area contributed by atoms with Crippen LogP contribution in [0, 0.1) is 6.92 Å². The average Bonchev–Trinajstić information content (AvgIpc) is 3.06. The molecule has 5 heteroatoms. The Morgan fingerprint density at radius 1 is 1.57 bits per heavy atom. The van der Waals surface area contributed by atoms with E-state index in [9.17, 15) is 4.79 Å². The van der Waals surface area contributed by atoms with Crippen LogP contribution in [0.3, 0.4) is 0 Å². The summed E-state index contributed by atoms with van der Waals surface area (Å²) in [5.41, 5.74) is 2.53. The molecule has 0 bridgehead atoms. The Balaban J connectivity index is 1.57. The standard InChI is InChI=1S/C16H19N3OS/c1-11-4-5-13-9-15(21-14(13)8-11)16(20)18-12(2)10-19-7-3-6-17-19/h3-8,12,15H,9-10H2,1-2H3,(H,18,20)/t12-,15-/m0/s1. The summed E-state index contributed by atoms with van der Waals surface area (Å²) in [6, 6.07) is 8.38. The first kappa shape index (κ1) is 14.2. The van der Waals surface area contributed by atoms with Crippen molar-refractivity contribution < 1.29 is 4.79 Å². The number of benzene rings is 1. The van der Waals surface area contributed by atoms with Gasteiger partial charge in [0.2, 0.25) is 5.91 Å². The lowest BCUT2D eigenvalue weighted by Gasteiger charge is -2.16. The van der Waals surface area contributed by atoms with Crippen molar-refractivity contribution in [2.24, 2.45) is 0 Å². The van der Waals surface area contributed by atoms with Gasteiger partial charge in [-0.3, -0.25) is 9.48 Å². The van der Waals surface area contributed by atoms with Crippen LogP contribution in [0.4, 0.5) is 0 Å². The Bertz CT molecular complexity index is 639. The summed E-state index contributed by atoms with van der Waals surface area (Å²) in [5, 5.41) is 7.24. The van der Waals surface area contributed by atoms with Gasteiger partial charge in [0.1, 0.15) is 0 Å². The number of aromatic nitrogens is 2. The number of carbonyl (C=O) groups is 1. The number of fused-ring (bicyclic) bond motifs is 1. The smallest absolute Gasteiger partial charge is 0.234 e. The van der Waals surface area contributed by atoms with E-state index in [2.05, 4.69) is 35.5 Å². The molecule has 0 unspecified atom stereocenters. The lowest BCUT2D eigenvalue weighted by atomic mass is 10.1. The first-order valence-corrected chi connectivity index (χ1v) is 8.04. The number of aryl methyl sites for hydroxylation is 1. The SMILES string of the molecule is Cc1ccc2c(c1)S[C@H](C(=O)N[C@@H](C)Cn1cccn1)C2. The Morgan fingerprint density at radius 2 is 2.43 bits per heavy atom. The van der Waals surface area contributed by atoms with E-state index in [0.29, 0.717) is 6.54 Å². The highest BCUT2D eigenvalue weighted by atomic mass is 32.2. The fourth-order valence-electron chi connectivity index (χ4n) is 2.55. The highest BCUT2D eigenvalue weighted by Crippen LogP contribution is 2.37. The molecule has 1 aromatic carbocycles. The zero-order valence-electron chi connectivity index (χ0n) is 12.2. The second-order valence-electron chi connectivity index (χ2n) is 5.56. The van der Waals surface area contributed by atoms with Crippen molar-refractivity contribution in [3.63, 3.8) is 0 Å². The molecule has 1 aliphatic rings. The van der Waals surface area contributed by atoms with E-state index in [0.717, 1.165) is 6.42 Å². The van der Waals surface area contributed by atoms with Gasteiger partial charge in [0.25, 0.3) is 0 Å². The molecule has 0 fully saturated rings. The van der Waals surface area contributed by atoms with Gasteiger partial charge in [0.15, 0.2) is 0 Å². The molecule has 110 valence electrons. The van der Waals surface area contributed by atoms with Crippen molar-refractivity contribution in [3.05, 3.63) is 47.8 Å². The molecule has 2 heterocycles. The van der Waals surface area contributed by atoms with E-state index in [4.69, 9.17) is 0 Å². The summed E-state index contributed by atoms with van der Waals surface area (Å²) in [7, 11) is 0. The van der Waals surface area contributed by atoms with Crippen molar-refractivity contribution in [2.45, 2.75) is 43.0 Å². The Morgan fingerprint density at radius 3 is 3.19 bits per heavy atom. The van der Waals surface area contributed by atoms with Crippen LogP contribution in [0.15, 0.2) is 41.6 Å². The highest BCUT2D eigenvalue weighted by Gasteiger charge is 2.28. The van der Waals surface area contributed by atoms with Crippen LogP contribution < -0.4 is 5.32 Å². The molecular weight excluding hydrogens is 282 g/mol. The minimum Gasteiger partial charge on any atom is -0.351 e. The van der Waals surface area contributed by atoms with Gasteiger partial charge in [-0.1, -0.05) is 17.7 Å². The van der Waals surface area contributed by atoms with E-state index < -0.39 is 0 Å². The maximum absolute atomic E-state index is 12.4. The van der Waals surface area contributed by atoms with E-state index in [-0.39, 0.29) is 17.2 Å². The Kier molecular flexibility index (Phi) is 4.01. The van der Waals surface area contributed by atoms with Crippen molar-refractivity contribution in [3.8, 4) is 0 Å². The van der Waals surface area contributed by atoms with Crippen molar-refractivity contribution in [1.29, 1.82) is 0 Å². The summed E-state index contributed by atoms with van der Waals surface area (Å²) in [6.07, 6.45) is 4.48. The van der Waals surface area contributed by atoms with Crippen LogP contribution in [0.2, 0.25) is 0 Å². The number of hydrogen-bond donors (Lipinski definition) is 1. The monoisotopic (exact) mass is 301 g/mol. The molecule has 2 atom stereocenters. The molecule has 0 saturated carbocycles. The molecular formula is C16H19N3OS. The van der Waals surface area contributed by atoms with E-state index >= 15 is 0 Å². The van der Waals surface area contributed by atoms with Crippen LogP contribution in [0.1, 0.15) is 18.1 Å². The van der Waals surface area contributed by atoms with Crippen molar-refractivity contribution in [2.75, 3.05) is 0 Å². The summed E-state index contributed by atoms with van der Waals surface area (Å²) in [6.45, 7) is 4.79. The number of rotatable bonds is 4. The van der Waals surface area contributed by atoms with E-state index in [1.165, 1.54) is 16.0 Å². The topological polar surface area (TPSA) is 46.9 Å². The van der Waals surface area contributed by atoms with Gasteiger partial charge in [0.05, 0.1) is 11.8 Å². The first-order valence-electron chi connectivity index (χ1n) is 7.16. The van der Waals surface area contributed by atoms with Crippen molar-refractivity contribution >= 4 is 17.7 Å². The molecule has 0 spiro atoms. The molecule has 0 aliphatic carbocycles. The molecule has 2 aromatic rings. The molecule has 4 nitrogen and oxygen atoms in total. The van der Waals surface area contributed by atoms with Gasteiger partial charge in [-0.05, 0) is 38.0 Å². The van der Waals surface area contributed by atoms with E-state index in [1.54, 1.807) is 18.0 Å². The van der Waals surface area contributed by atoms with Gasteiger partial charge in [-0.25, -0.2) is 0 Å². The van der Waals surface area contributed by atoms with Crippen LogP contribution in [-0.4, -0.2) is 27.0 Å². The minimum absolute atomic E-state index is 0.0122.